The van der Waals surface area contributed by atoms with Gasteiger partial charge in [0.1, 0.15) is 11.9 Å². The fraction of sp³-hybridized carbons (Fsp3) is 0.471. The van der Waals surface area contributed by atoms with Crippen molar-refractivity contribution in [3.8, 4) is 6.07 Å². The molecule has 1 aromatic rings. The highest BCUT2D eigenvalue weighted by atomic mass is 19.1. The van der Waals surface area contributed by atoms with Gasteiger partial charge in [-0.3, -0.25) is 4.79 Å². The third kappa shape index (κ3) is 3.82. The zero-order valence-corrected chi connectivity index (χ0v) is 14.0. The van der Waals surface area contributed by atoms with E-state index in [4.69, 9.17) is 5.26 Å². The van der Waals surface area contributed by atoms with E-state index < -0.39 is 17.9 Å². The van der Waals surface area contributed by atoms with Gasteiger partial charge in [-0.2, -0.15) is 5.26 Å². The van der Waals surface area contributed by atoms with E-state index in [0.29, 0.717) is 25.6 Å². The van der Waals surface area contributed by atoms with Crippen LogP contribution in [0.3, 0.4) is 0 Å². The van der Waals surface area contributed by atoms with E-state index in [-0.39, 0.29) is 17.2 Å². The number of halogens is 1. The van der Waals surface area contributed by atoms with E-state index in [1.165, 1.54) is 17.0 Å². The minimum absolute atomic E-state index is 0.0109. The zero-order valence-electron chi connectivity index (χ0n) is 14.0. The molecule has 0 radical (unpaired) electrons. The standard InChI is InChI=1S/C17H21FN4O2/c1-11(2)10-21-6-7-22(12(3)16(21)23)17(24)20-15-5-4-13(9-19)8-14(15)18/h4-5,8,11-12H,6-7,10H2,1-3H3,(H,20,24). The molecular formula is C17H21FN4O2. The predicted octanol–water partition coefficient (Wildman–Crippen LogP) is 2.42. The summed E-state index contributed by atoms with van der Waals surface area (Å²) in [6.45, 7) is 7.25. The van der Waals surface area contributed by atoms with E-state index in [1.807, 2.05) is 19.9 Å². The summed E-state index contributed by atoms with van der Waals surface area (Å²) in [5.41, 5.74) is 0.166. The number of hydrogen-bond donors (Lipinski definition) is 1. The second-order valence-corrected chi connectivity index (χ2v) is 6.28. The number of rotatable bonds is 3. The molecule has 1 atom stereocenters. The summed E-state index contributed by atoms with van der Waals surface area (Å²) in [6, 6.07) is 4.53. The van der Waals surface area contributed by atoms with Crippen molar-refractivity contribution < 1.29 is 14.0 Å². The third-order valence-electron chi connectivity index (χ3n) is 3.93. The Hall–Kier alpha value is -2.62. The fourth-order valence-electron chi connectivity index (χ4n) is 2.70. The minimum atomic E-state index is -0.681. The lowest BCUT2D eigenvalue weighted by molar-refractivity contribution is -0.139. The SMILES string of the molecule is CC(C)CN1CCN(C(=O)Nc2ccc(C#N)cc2F)C(C)C1=O. The first kappa shape index (κ1) is 17.7. The lowest BCUT2D eigenvalue weighted by atomic mass is 10.1. The predicted molar refractivity (Wildman–Crippen MR) is 87.7 cm³/mol. The molecule has 1 aliphatic heterocycles. The maximum absolute atomic E-state index is 13.9. The molecule has 7 heteroatoms. The van der Waals surface area contributed by atoms with Crippen LogP contribution in [-0.2, 0) is 4.79 Å². The molecule has 1 unspecified atom stereocenters. The molecule has 1 aromatic carbocycles. The van der Waals surface area contributed by atoms with E-state index >= 15 is 0 Å². The Morgan fingerprint density at radius 1 is 1.46 bits per heavy atom. The van der Waals surface area contributed by atoms with Gasteiger partial charge in [-0.05, 0) is 31.0 Å². The van der Waals surface area contributed by atoms with E-state index in [1.54, 1.807) is 11.8 Å². The van der Waals surface area contributed by atoms with Crippen LogP contribution in [0.2, 0.25) is 0 Å². The number of nitriles is 1. The highest BCUT2D eigenvalue weighted by Crippen LogP contribution is 2.18. The van der Waals surface area contributed by atoms with Crippen LogP contribution in [0.15, 0.2) is 18.2 Å². The molecule has 0 bridgehead atoms. The van der Waals surface area contributed by atoms with Crippen molar-refractivity contribution in [2.75, 3.05) is 25.0 Å². The van der Waals surface area contributed by atoms with E-state index in [2.05, 4.69) is 5.32 Å². The van der Waals surface area contributed by atoms with Gasteiger partial charge in [0.2, 0.25) is 5.91 Å². The largest absolute Gasteiger partial charge is 0.339 e. The summed E-state index contributed by atoms with van der Waals surface area (Å²) < 4.78 is 13.9. The lowest BCUT2D eigenvalue weighted by Gasteiger charge is -2.39. The molecular weight excluding hydrogens is 311 g/mol. The van der Waals surface area contributed by atoms with Gasteiger partial charge in [-0.15, -0.1) is 0 Å². The van der Waals surface area contributed by atoms with Crippen LogP contribution in [0, 0.1) is 23.1 Å². The molecule has 1 heterocycles. The Morgan fingerprint density at radius 2 is 2.17 bits per heavy atom. The van der Waals surface area contributed by atoms with Gasteiger partial charge in [0.25, 0.3) is 0 Å². The van der Waals surface area contributed by atoms with Gasteiger partial charge < -0.3 is 15.1 Å². The van der Waals surface area contributed by atoms with Crippen LogP contribution >= 0.6 is 0 Å². The summed E-state index contributed by atoms with van der Waals surface area (Å²) in [7, 11) is 0. The van der Waals surface area contributed by atoms with Crippen molar-refractivity contribution in [1.82, 2.24) is 9.80 Å². The molecule has 6 nitrogen and oxygen atoms in total. The molecule has 0 aliphatic carbocycles. The van der Waals surface area contributed by atoms with Crippen LogP contribution in [0.4, 0.5) is 14.9 Å². The topological polar surface area (TPSA) is 76.4 Å². The highest BCUT2D eigenvalue weighted by Gasteiger charge is 2.34. The Bertz CT molecular complexity index is 684. The number of carbonyl (C=O) groups is 2. The Morgan fingerprint density at radius 3 is 2.75 bits per heavy atom. The van der Waals surface area contributed by atoms with Crippen molar-refractivity contribution in [2.24, 2.45) is 5.92 Å². The summed E-state index contributed by atoms with van der Waals surface area (Å²) in [4.78, 5) is 27.9. The molecule has 0 aromatic heterocycles. The first-order chi connectivity index (χ1) is 11.3. The Labute approximate surface area is 140 Å². The first-order valence-electron chi connectivity index (χ1n) is 7.89. The second-order valence-electron chi connectivity index (χ2n) is 6.28. The van der Waals surface area contributed by atoms with E-state index in [0.717, 1.165) is 6.07 Å². The van der Waals surface area contributed by atoms with Crippen LogP contribution in [-0.4, -0.2) is 47.4 Å². The number of hydrogen-bond acceptors (Lipinski definition) is 3. The summed E-state index contributed by atoms with van der Waals surface area (Å²) >= 11 is 0. The molecule has 1 N–H and O–H groups in total. The summed E-state index contributed by atoms with van der Waals surface area (Å²) in [5.74, 6) is -0.431. The van der Waals surface area contributed by atoms with Crippen molar-refractivity contribution in [1.29, 1.82) is 5.26 Å². The second kappa shape index (κ2) is 7.30. The van der Waals surface area contributed by atoms with Gasteiger partial charge in [-0.25, -0.2) is 9.18 Å². The fourth-order valence-corrected chi connectivity index (χ4v) is 2.70. The van der Waals surface area contributed by atoms with Crippen LogP contribution in [0.1, 0.15) is 26.3 Å². The first-order valence-corrected chi connectivity index (χ1v) is 7.89. The zero-order chi connectivity index (χ0) is 17.9. The monoisotopic (exact) mass is 332 g/mol. The average molecular weight is 332 g/mol. The number of amides is 3. The van der Waals surface area contributed by atoms with Crippen molar-refractivity contribution in [3.05, 3.63) is 29.6 Å². The van der Waals surface area contributed by atoms with Crippen molar-refractivity contribution >= 4 is 17.6 Å². The molecule has 128 valence electrons. The maximum Gasteiger partial charge on any atom is 0.322 e. The molecule has 2 rings (SSSR count). The van der Waals surface area contributed by atoms with Crippen molar-refractivity contribution in [3.63, 3.8) is 0 Å². The molecule has 0 saturated carbocycles. The average Bonchev–Trinajstić information content (AvgIpc) is 2.53. The number of urea groups is 1. The van der Waals surface area contributed by atoms with Gasteiger partial charge in [0, 0.05) is 19.6 Å². The van der Waals surface area contributed by atoms with Gasteiger partial charge >= 0.3 is 6.03 Å². The smallest absolute Gasteiger partial charge is 0.322 e. The third-order valence-corrected chi connectivity index (χ3v) is 3.93. The number of nitrogens with one attached hydrogen (secondary N) is 1. The van der Waals surface area contributed by atoms with Crippen LogP contribution in [0.25, 0.3) is 0 Å². The number of benzene rings is 1. The summed E-state index contributed by atoms with van der Waals surface area (Å²) in [5, 5.41) is 11.2. The number of carbonyl (C=O) groups excluding carboxylic acids is 2. The lowest BCUT2D eigenvalue weighted by Crippen LogP contribution is -2.59. The van der Waals surface area contributed by atoms with Crippen LogP contribution in [0.5, 0.6) is 0 Å². The Balaban J connectivity index is 2.06. The number of piperazine rings is 1. The van der Waals surface area contributed by atoms with Gasteiger partial charge in [-0.1, -0.05) is 13.8 Å². The molecule has 1 saturated heterocycles. The van der Waals surface area contributed by atoms with E-state index in [9.17, 15) is 14.0 Å². The van der Waals surface area contributed by atoms with Crippen LogP contribution < -0.4 is 5.32 Å². The molecule has 0 spiro atoms. The molecule has 3 amide bonds. The quantitative estimate of drug-likeness (QED) is 0.923. The van der Waals surface area contributed by atoms with Gasteiger partial charge in [0.15, 0.2) is 0 Å². The highest BCUT2D eigenvalue weighted by molar-refractivity contribution is 5.94. The Kier molecular flexibility index (Phi) is 5.39. The molecule has 1 aliphatic rings. The maximum atomic E-state index is 13.9. The summed E-state index contributed by atoms with van der Waals surface area (Å²) in [6.07, 6.45) is 0. The van der Waals surface area contributed by atoms with Gasteiger partial charge in [0.05, 0.1) is 17.3 Å². The number of nitrogens with zero attached hydrogens (tertiary/aromatic N) is 3. The molecule has 24 heavy (non-hydrogen) atoms. The molecule has 1 fully saturated rings. The van der Waals surface area contributed by atoms with Crippen molar-refractivity contribution in [2.45, 2.75) is 26.8 Å². The normalized spacial score (nSPS) is 17.8. The number of anilines is 1. The minimum Gasteiger partial charge on any atom is -0.339 e.